The minimum absolute atomic E-state index is 0.0351. The maximum atomic E-state index is 5.77. The summed E-state index contributed by atoms with van der Waals surface area (Å²) in [5.74, 6) is -0.811. The maximum Gasteiger partial charge on any atom is 0.283 e. The minimum atomic E-state index is -0.811. The second-order valence-electron chi connectivity index (χ2n) is 5.81. The minimum Gasteiger partial charge on any atom is -0.327 e. The van der Waals surface area contributed by atoms with E-state index in [1.54, 1.807) is 0 Å². The largest absolute Gasteiger partial charge is 0.327 e. The predicted molar refractivity (Wildman–Crippen MR) is 73.5 cm³/mol. The molecule has 1 aromatic rings. The van der Waals surface area contributed by atoms with Gasteiger partial charge in [-0.1, -0.05) is 43.8 Å². The van der Waals surface area contributed by atoms with Crippen molar-refractivity contribution in [2.75, 3.05) is 19.8 Å². The molecule has 0 atom stereocenters. The third kappa shape index (κ3) is 2.59. The Labute approximate surface area is 114 Å². The topological polar surface area (TPSA) is 27.7 Å². The summed E-state index contributed by atoms with van der Waals surface area (Å²) in [6.07, 6.45) is 3.46. The molecular weight excluding hydrogens is 240 g/mol. The molecule has 0 aromatic heterocycles. The molecule has 0 spiro atoms. The molecule has 0 unspecified atom stereocenters. The molecule has 0 N–H and O–H groups in total. The van der Waals surface area contributed by atoms with Crippen molar-refractivity contribution in [3.8, 4) is 0 Å². The average molecular weight is 260 g/mol. The van der Waals surface area contributed by atoms with E-state index in [9.17, 15) is 0 Å². The van der Waals surface area contributed by atoms with Gasteiger partial charge in [-0.25, -0.2) is 0 Å². The zero-order chi connectivity index (χ0) is 13.3. The molecule has 3 nitrogen and oxygen atoms in total. The molecule has 3 aliphatic heterocycles. The molecule has 0 aliphatic carbocycles. The van der Waals surface area contributed by atoms with E-state index < -0.39 is 5.97 Å². The number of fused-ring (bicyclic) bond motifs is 3. The highest BCUT2D eigenvalue weighted by molar-refractivity contribution is 5.47. The van der Waals surface area contributed by atoms with Crippen LogP contribution in [0.2, 0.25) is 0 Å². The van der Waals surface area contributed by atoms with E-state index in [4.69, 9.17) is 14.2 Å². The van der Waals surface area contributed by atoms with E-state index in [0.29, 0.717) is 0 Å². The van der Waals surface area contributed by atoms with Gasteiger partial charge in [0.05, 0.1) is 19.8 Å². The van der Waals surface area contributed by atoms with E-state index in [2.05, 4.69) is 37.8 Å². The highest BCUT2D eigenvalue weighted by Crippen LogP contribution is 2.40. The standard InChI is InChI=1S/C16H20O3/c1-3-13-4-6-14(7-5-13)8-9-16-17-10-15(2,11-18-16)12-19-16/h3-7H,1,8-12H2,2H3. The van der Waals surface area contributed by atoms with Crippen LogP contribution in [0, 0.1) is 5.41 Å². The molecule has 0 radical (unpaired) electrons. The van der Waals surface area contributed by atoms with E-state index in [1.807, 2.05) is 6.08 Å². The summed E-state index contributed by atoms with van der Waals surface area (Å²) in [4.78, 5) is 0. The summed E-state index contributed by atoms with van der Waals surface area (Å²) in [6.45, 7) is 8.06. The Kier molecular flexibility index (Phi) is 3.21. The molecule has 102 valence electrons. The first-order valence-electron chi connectivity index (χ1n) is 6.76. The SMILES string of the molecule is C=Cc1ccc(CCC23OCC(C)(CO2)CO3)cc1. The summed E-state index contributed by atoms with van der Waals surface area (Å²) in [6, 6.07) is 8.37. The van der Waals surface area contributed by atoms with E-state index in [-0.39, 0.29) is 5.41 Å². The predicted octanol–water partition coefficient (Wildman–Crippen LogP) is 3.00. The van der Waals surface area contributed by atoms with Gasteiger partial charge in [0, 0.05) is 11.8 Å². The maximum absolute atomic E-state index is 5.77. The lowest BCUT2D eigenvalue weighted by atomic mass is 9.91. The van der Waals surface area contributed by atoms with Crippen molar-refractivity contribution in [2.45, 2.75) is 25.7 Å². The van der Waals surface area contributed by atoms with Crippen molar-refractivity contribution in [3.05, 3.63) is 42.0 Å². The van der Waals surface area contributed by atoms with Crippen LogP contribution >= 0.6 is 0 Å². The van der Waals surface area contributed by atoms with Gasteiger partial charge in [0.2, 0.25) is 0 Å². The van der Waals surface area contributed by atoms with Crippen LogP contribution in [0.15, 0.2) is 30.8 Å². The Morgan fingerprint density at radius 1 is 1.11 bits per heavy atom. The van der Waals surface area contributed by atoms with Gasteiger partial charge in [-0.15, -0.1) is 0 Å². The number of hydrogen-bond acceptors (Lipinski definition) is 3. The van der Waals surface area contributed by atoms with Gasteiger partial charge in [0.25, 0.3) is 5.97 Å². The molecule has 1 aromatic carbocycles. The zero-order valence-corrected chi connectivity index (χ0v) is 11.4. The molecule has 4 rings (SSSR count). The first kappa shape index (κ1) is 12.9. The summed E-state index contributed by atoms with van der Waals surface area (Å²) in [5, 5.41) is 0. The van der Waals surface area contributed by atoms with Gasteiger partial charge in [0.1, 0.15) is 0 Å². The Morgan fingerprint density at radius 3 is 2.21 bits per heavy atom. The quantitative estimate of drug-likeness (QED) is 0.833. The summed E-state index contributed by atoms with van der Waals surface area (Å²) >= 11 is 0. The molecule has 3 saturated heterocycles. The molecule has 0 amide bonds. The molecule has 2 bridgehead atoms. The van der Waals surface area contributed by atoms with Crippen LogP contribution in [0.1, 0.15) is 24.5 Å². The lowest BCUT2D eigenvalue weighted by Crippen LogP contribution is -2.59. The third-order valence-corrected chi connectivity index (χ3v) is 3.86. The van der Waals surface area contributed by atoms with Crippen LogP contribution in [0.3, 0.4) is 0 Å². The number of ether oxygens (including phenoxy) is 3. The van der Waals surface area contributed by atoms with Gasteiger partial charge < -0.3 is 14.2 Å². The highest BCUT2D eigenvalue weighted by Gasteiger charge is 2.49. The summed E-state index contributed by atoms with van der Waals surface area (Å²) in [7, 11) is 0. The highest BCUT2D eigenvalue weighted by atomic mass is 16.9. The van der Waals surface area contributed by atoms with Gasteiger partial charge >= 0.3 is 0 Å². The number of aryl methyl sites for hydroxylation is 1. The molecule has 0 saturated carbocycles. The van der Waals surface area contributed by atoms with Crippen LogP contribution in [0.5, 0.6) is 0 Å². The third-order valence-electron chi connectivity index (χ3n) is 3.86. The van der Waals surface area contributed by atoms with Crippen molar-refractivity contribution in [2.24, 2.45) is 5.41 Å². The number of hydrogen-bond donors (Lipinski definition) is 0. The van der Waals surface area contributed by atoms with Crippen LogP contribution in [0.4, 0.5) is 0 Å². The Balaban J connectivity index is 1.61. The normalized spacial score (nSPS) is 33.3. The first-order valence-corrected chi connectivity index (χ1v) is 6.76. The summed E-state index contributed by atoms with van der Waals surface area (Å²) in [5.41, 5.74) is 2.43. The number of benzene rings is 1. The second-order valence-corrected chi connectivity index (χ2v) is 5.81. The monoisotopic (exact) mass is 260 g/mol. The van der Waals surface area contributed by atoms with Crippen molar-refractivity contribution in [1.82, 2.24) is 0 Å². The lowest BCUT2D eigenvalue weighted by molar-refractivity contribution is -0.467. The average Bonchev–Trinajstić information content (AvgIpc) is 2.47. The molecule has 19 heavy (non-hydrogen) atoms. The van der Waals surface area contributed by atoms with Crippen LogP contribution in [-0.2, 0) is 20.6 Å². The Hall–Kier alpha value is -1.16. The van der Waals surface area contributed by atoms with E-state index in [1.165, 1.54) is 5.56 Å². The Morgan fingerprint density at radius 2 is 1.68 bits per heavy atom. The van der Waals surface area contributed by atoms with Crippen LogP contribution < -0.4 is 0 Å². The molecular formula is C16H20O3. The lowest BCUT2D eigenvalue weighted by Gasteiger charge is -2.50. The Bertz CT molecular complexity index is 439. The fraction of sp³-hybridized carbons (Fsp3) is 0.500. The van der Waals surface area contributed by atoms with Crippen LogP contribution in [-0.4, -0.2) is 25.8 Å². The van der Waals surface area contributed by atoms with Crippen LogP contribution in [0.25, 0.3) is 6.08 Å². The first-order chi connectivity index (χ1) is 9.13. The number of rotatable bonds is 4. The van der Waals surface area contributed by atoms with Gasteiger partial charge in [-0.05, 0) is 17.5 Å². The van der Waals surface area contributed by atoms with Gasteiger partial charge in [-0.3, -0.25) is 0 Å². The summed E-state index contributed by atoms with van der Waals surface area (Å²) < 4.78 is 17.3. The van der Waals surface area contributed by atoms with Crippen molar-refractivity contribution < 1.29 is 14.2 Å². The van der Waals surface area contributed by atoms with Crippen molar-refractivity contribution >= 4 is 6.08 Å². The second kappa shape index (κ2) is 4.75. The fourth-order valence-electron chi connectivity index (χ4n) is 2.44. The van der Waals surface area contributed by atoms with Crippen molar-refractivity contribution in [3.63, 3.8) is 0 Å². The molecule has 3 aliphatic rings. The smallest absolute Gasteiger partial charge is 0.283 e. The molecule has 3 fully saturated rings. The zero-order valence-electron chi connectivity index (χ0n) is 11.4. The fourth-order valence-corrected chi connectivity index (χ4v) is 2.44. The van der Waals surface area contributed by atoms with E-state index >= 15 is 0 Å². The molecule has 3 heterocycles. The molecule has 3 heteroatoms. The van der Waals surface area contributed by atoms with Gasteiger partial charge in [0.15, 0.2) is 0 Å². The van der Waals surface area contributed by atoms with Crippen molar-refractivity contribution in [1.29, 1.82) is 0 Å². The van der Waals surface area contributed by atoms with E-state index in [0.717, 1.165) is 38.2 Å². The van der Waals surface area contributed by atoms with Gasteiger partial charge in [-0.2, -0.15) is 0 Å².